The summed E-state index contributed by atoms with van der Waals surface area (Å²) in [5.74, 6) is 0.262. The lowest BCUT2D eigenvalue weighted by Crippen LogP contribution is -2.25. The molecule has 0 atom stereocenters. The maximum absolute atomic E-state index is 11.9. The predicted molar refractivity (Wildman–Crippen MR) is 80.2 cm³/mol. The minimum absolute atomic E-state index is 0.197. The number of sulfonamides is 1. The number of hydrogen-bond acceptors (Lipinski definition) is 5. The number of thiophene rings is 1. The molecule has 0 amide bonds. The highest BCUT2D eigenvalue weighted by Crippen LogP contribution is 2.08. The van der Waals surface area contributed by atoms with Crippen LogP contribution in [0.15, 0.2) is 64.8 Å². The monoisotopic (exact) mass is 309 g/mol. The van der Waals surface area contributed by atoms with Gasteiger partial charge in [-0.1, -0.05) is 24.3 Å². The molecule has 1 aromatic heterocycles. The van der Waals surface area contributed by atoms with Gasteiger partial charge in [-0.3, -0.25) is 4.72 Å². The summed E-state index contributed by atoms with van der Waals surface area (Å²) < 4.78 is 26.2. The number of benzene rings is 1. The predicted octanol–water partition coefficient (Wildman–Crippen LogP) is 1.57. The van der Waals surface area contributed by atoms with Crippen molar-refractivity contribution < 1.29 is 8.42 Å². The fourth-order valence-electron chi connectivity index (χ4n) is 1.46. The van der Waals surface area contributed by atoms with Crippen molar-refractivity contribution in [2.75, 3.05) is 0 Å². The molecule has 0 unspecified atom stereocenters. The lowest BCUT2D eigenvalue weighted by Gasteiger charge is -2.07. The Kier molecular flexibility index (Phi) is 4.65. The maximum Gasteiger partial charge on any atom is 0.261 e. The van der Waals surface area contributed by atoms with Gasteiger partial charge in [0.25, 0.3) is 10.0 Å². The average Bonchev–Trinajstić information content (AvgIpc) is 2.97. The first-order chi connectivity index (χ1) is 9.58. The molecule has 5 nitrogen and oxygen atoms in total. The highest BCUT2D eigenvalue weighted by Gasteiger charge is 2.10. The van der Waals surface area contributed by atoms with Gasteiger partial charge in [0, 0.05) is 4.88 Å². The van der Waals surface area contributed by atoms with Crippen molar-refractivity contribution in [3.05, 3.63) is 64.7 Å². The van der Waals surface area contributed by atoms with Crippen LogP contribution in [0.5, 0.6) is 0 Å². The molecule has 106 valence electrons. The van der Waals surface area contributed by atoms with E-state index >= 15 is 0 Å². The van der Waals surface area contributed by atoms with E-state index in [1.165, 1.54) is 18.3 Å². The van der Waals surface area contributed by atoms with Crippen molar-refractivity contribution >= 4 is 21.4 Å². The summed E-state index contributed by atoms with van der Waals surface area (Å²) >= 11 is 1.60. The fraction of sp³-hybridized carbons (Fsp3) is 0.0769. The van der Waals surface area contributed by atoms with Crippen LogP contribution >= 0.6 is 11.3 Å². The summed E-state index contributed by atoms with van der Waals surface area (Å²) in [6.07, 6.45) is 1.25. The standard InChI is InChI=1S/C13H15N3O2S2/c14-13(15-9-11-5-4-8-19-11)10-16-20(17,18)12-6-2-1-3-7-12/h1-8,10,15-16H,9,14H2/b13-10+. The van der Waals surface area contributed by atoms with E-state index in [2.05, 4.69) is 10.0 Å². The van der Waals surface area contributed by atoms with E-state index < -0.39 is 10.0 Å². The SMILES string of the molecule is N/C(=C\NS(=O)(=O)c1ccccc1)NCc1cccs1. The minimum atomic E-state index is -3.57. The molecule has 0 fully saturated rings. The molecule has 0 saturated carbocycles. The Morgan fingerprint density at radius 1 is 1.20 bits per heavy atom. The lowest BCUT2D eigenvalue weighted by atomic mass is 10.4. The topological polar surface area (TPSA) is 84.2 Å². The fourth-order valence-corrected chi connectivity index (χ4v) is 3.04. The Bertz CT molecular complexity index is 665. The molecule has 0 aliphatic rings. The van der Waals surface area contributed by atoms with Crippen molar-refractivity contribution in [2.45, 2.75) is 11.4 Å². The largest absolute Gasteiger partial charge is 0.384 e. The highest BCUT2D eigenvalue weighted by molar-refractivity contribution is 7.89. The van der Waals surface area contributed by atoms with E-state index in [1.54, 1.807) is 29.5 Å². The quantitative estimate of drug-likeness (QED) is 0.756. The van der Waals surface area contributed by atoms with Gasteiger partial charge in [0.05, 0.1) is 17.6 Å². The Morgan fingerprint density at radius 3 is 2.60 bits per heavy atom. The first kappa shape index (κ1) is 14.4. The van der Waals surface area contributed by atoms with Crippen molar-refractivity contribution in [3.63, 3.8) is 0 Å². The summed E-state index contributed by atoms with van der Waals surface area (Å²) in [5, 5.41) is 4.90. The molecule has 0 bridgehead atoms. The summed E-state index contributed by atoms with van der Waals surface area (Å²) in [7, 11) is -3.57. The molecule has 4 N–H and O–H groups in total. The Hall–Kier alpha value is -1.99. The molecule has 7 heteroatoms. The van der Waals surface area contributed by atoms with Gasteiger partial charge in [0.2, 0.25) is 0 Å². The van der Waals surface area contributed by atoms with Gasteiger partial charge in [-0.15, -0.1) is 11.3 Å². The van der Waals surface area contributed by atoms with Crippen molar-refractivity contribution in [2.24, 2.45) is 5.73 Å². The van der Waals surface area contributed by atoms with Crippen LogP contribution in [-0.4, -0.2) is 8.42 Å². The lowest BCUT2D eigenvalue weighted by molar-refractivity contribution is 0.590. The van der Waals surface area contributed by atoms with Crippen LogP contribution in [0.1, 0.15) is 4.88 Å². The minimum Gasteiger partial charge on any atom is -0.384 e. The second-order valence-electron chi connectivity index (χ2n) is 3.97. The molecule has 0 aliphatic heterocycles. The first-order valence-corrected chi connectivity index (χ1v) is 8.23. The molecule has 1 aromatic carbocycles. The van der Waals surface area contributed by atoms with Crippen LogP contribution in [0.3, 0.4) is 0 Å². The van der Waals surface area contributed by atoms with Gasteiger partial charge in [-0.25, -0.2) is 8.42 Å². The molecule has 0 saturated heterocycles. The number of nitrogens with one attached hydrogen (secondary N) is 2. The summed E-state index contributed by atoms with van der Waals surface area (Å²) in [6, 6.07) is 12.0. The maximum atomic E-state index is 11.9. The van der Waals surface area contributed by atoms with Crippen LogP contribution in [-0.2, 0) is 16.6 Å². The highest BCUT2D eigenvalue weighted by atomic mass is 32.2. The zero-order valence-electron chi connectivity index (χ0n) is 10.6. The van der Waals surface area contributed by atoms with E-state index in [1.807, 2.05) is 17.5 Å². The normalized spacial score (nSPS) is 12.1. The van der Waals surface area contributed by atoms with Crippen LogP contribution in [0.4, 0.5) is 0 Å². The van der Waals surface area contributed by atoms with Gasteiger partial charge in [-0.2, -0.15) is 0 Å². The van der Waals surface area contributed by atoms with Gasteiger partial charge >= 0.3 is 0 Å². The number of hydrogen-bond donors (Lipinski definition) is 3. The van der Waals surface area contributed by atoms with E-state index in [9.17, 15) is 8.42 Å². The summed E-state index contributed by atoms with van der Waals surface area (Å²) in [4.78, 5) is 1.31. The van der Waals surface area contributed by atoms with E-state index in [0.717, 1.165) is 4.88 Å². The summed E-state index contributed by atoms with van der Waals surface area (Å²) in [5.41, 5.74) is 5.70. The van der Waals surface area contributed by atoms with E-state index in [-0.39, 0.29) is 10.7 Å². The number of nitrogens with two attached hydrogens (primary N) is 1. The average molecular weight is 309 g/mol. The first-order valence-electron chi connectivity index (χ1n) is 5.87. The van der Waals surface area contributed by atoms with Crippen molar-refractivity contribution in [1.29, 1.82) is 0 Å². The molecule has 0 radical (unpaired) electrons. The number of rotatable bonds is 6. The van der Waals surface area contributed by atoms with E-state index in [0.29, 0.717) is 6.54 Å². The second kappa shape index (κ2) is 6.44. The van der Waals surface area contributed by atoms with Gasteiger partial charge < -0.3 is 11.1 Å². The Labute approximate surface area is 122 Å². The molecular formula is C13H15N3O2S2. The Morgan fingerprint density at radius 2 is 1.95 bits per heavy atom. The van der Waals surface area contributed by atoms with Gasteiger partial charge in [0.15, 0.2) is 0 Å². The Balaban J connectivity index is 1.94. The molecule has 20 heavy (non-hydrogen) atoms. The van der Waals surface area contributed by atoms with Crippen LogP contribution in [0.25, 0.3) is 0 Å². The van der Waals surface area contributed by atoms with Crippen LogP contribution < -0.4 is 15.8 Å². The van der Waals surface area contributed by atoms with Crippen LogP contribution in [0.2, 0.25) is 0 Å². The van der Waals surface area contributed by atoms with Gasteiger partial charge in [0.1, 0.15) is 5.82 Å². The molecule has 2 aromatic rings. The molecular weight excluding hydrogens is 294 g/mol. The van der Waals surface area contributed by atoms with E-state index in [4.69, 9.17) is 5.73 Å². The zero-order valence-corrected chi connectivity index (χ0v) is 12.2. The van der Waals surface area contributed by atoms with Crippen LogP contribution in [0, 0.1) is 0 Å². The second-order valence-corrected chi connectivity index (χ2v) is 6.71. The van der Waals surface area contributed by atoms with Crippen molar-refractivity contribution in [3.8, 4) is 0 Å². The molecule has 0 aliphatic carbocycles. The summed E-state index contributed by atoms with van der Waals surface area (Å²) in [6.45, 7) is 0.563. The molecule has 0 spiro atoms. The molecule has 1 heterocycles. The smallest absolute Gasteiger partial charge is 0.261 e. The zero-order chi connectivity index (χ0) is 14.4. The van der Waals surface area contributed by atoms with Gasteiger partial charge in [-0.05, 0) is 23.6 Å². The third kappa shape index (κ3) is 4.01. The van der Waals surface area contributed by atoms with Crippen molar-refractivity contribution in [1.82, 2.24) is 10.0 Å². The third-order valence-corrected chi connectivity index (χ3v) is 4.67. The third-order valence-electron chi connectivity index (χ3n) is 2.47. The molecule has 2 rings (SSSR count).